The van der Waals surface area contributed by atoms with Crippen LogP contribution in [0.4, 0.5) is 0 Å². The van der Waals surface area contributed by atoms with Gasteiger partial charge < -0.3 is 4.74 Å². The lowest BCUT2D eigenvalue weighted by molar-refractivity contribution is -0.154. The van der Waals surface area contributed by atoms with E-state index < -0.39 is 0 Å². The maximum Gasteiger partial charge on any atom is 0.317 e. The Morgan fingerprint density at radius 2 is 1.18 bits per heavy atom. The van der Waals surface area contributed by atoms with Gasteiger partial charge in [-0.2, -0.15) is 0 Å². The quantitative estimate of drug-likeness (QED) is 0.298. The normalized spacial score (nSPS) is 67.8. The molecule has 6 aliphatic carbocycles. The SMILES string of the molecule is O=C1OC(=O)C2C3CC(C12)C1C2CC(C4C5C=CC(C5)C24)C31. The van der Waals surface area contributed by atoms with Crippen LogP contribution in [0.25, 0.3) is 0 Å². The number of fused-ring (bicyclic) bond motifs is 19. The van der Waals surface area contributed by atoms with E-state index in [-0.39, 0.29) is 23.8 Å². The summed E-state index contributed by atoms with van der Waals surface area (Å²) >= 11 is 0. The first-order valence-corrected chi connectivity index (χ1v) is 9.18. The highest BCUT2D eigenvalue weighted by Crippen LogP contribution is 2.77. The third-order valence-electron chi connectivity index (χ3n) is 9.14. The lowest BCUT2D eigenvalue weighted by Gasteiger charge is -2.45. The molecule has 6 bridgehead atoms. The monoisotopic (exact) mass is 296 g/mol. The first kappa shape index (κ1) is 11.4. The maximum atomic E-state index is 12.2. The molecule has 0 N–H and O–H groups in total. The van der Waals surface area contributed by atoms with Gasteiger partial charge in [0.25, 0.3) is 0 Å². The molecule has 22 heavy (non-hydrogen) atoms. The Morgan fingerprint density at radius 3 is 1.73 bits per heavy atom. The largest absolute Gasteiger partial charge is 0.393 e. The Balaban J connectivity index is 1.35. The predicted molar refractivity (Wildman–Crippen MR) is 76.0 cm³/mol. The van der Waals surface area contributed by atoms with E-state index >= 15 is 0 Å². The highest BCUT2D eigenvalue weighted by molar-refractivity contribution is 5.97. The van der Waals surface area contributed by atoms with Crippen LogP contribution >= 0.6 is 0 Å². The van der Waals surface area contributed by atoms with Crippen molar-refractivity contribution in [3.8, 4) is 0 Å². The molecule has 1 saturated heterocycles. The number of carbonyl (C=O) groups is 2. The number of esters is 2. The predicted octanol–water partition coefficient (Wildman–Crippen LogP) is 2.27. The van der Waals surface area contributed by atoms with Crippen LogP contribution in [0, 0.1) is 71.0 Å². The van der Waals surface area contributed by atoms with E-state index in [9.17, 15) is 9.59 Å². The fourth-order valence-electron chi connectivity index (χ4n) is 9.15. The van der Waals surface area contributed by atoms with Gasteiger partial charge in [-0.1, -0.05) is 12.2 Å². The first-order valence-electron chi connectivity index (χ1n) is 9.18. The third kappa shape index (κ3) is 0.946. The molecule has 7 rings (SSSR count). The summed E-state index contributed by atoms with van der Waals surface area (Å²) in [6.45, 7) is 0. The summed E-state index contributed by atoms with van der Waals surface area (Å²) in [5.41, 5.74) is 0. The molecule has 0 radical (unpaired) electrons. The number of carbonyl (C=O) groups excluding carboxylic acids is 2. The molecule has 0 aromatic carbocycles. The van der Waals surface area contributed by atoms with Crippen LogP contribution in [0.2, 0.25) is 0 Å². The van der Waals surface area contributed by atoms with Crippen LogP contribution in [0.15, 0.2) is 12.2 Å². The minimum absolute atomic E-state index is 0.0642. The number of rotatable bonds is 0. The van der Waals surface area contributed by atoms with Gasteiger partial charge in [-0.3, -0.25) is 9.59 Å². The van der Waals surface area contributed by atoms with Gasteiger partial charge in [0.05, 0.1) is 11.8 Å². The van der Waals surface area contributed by atoms with Crippen molar-refractivity contribution in [2.75, 3.05) is 0 Å². The molecule has 0 aromatic heterocycles. The molecular formula is C19H20O3. The van der Waals surface area contributed by atoms with Gasteiger partial charge in [0.2, 0.25) is 0 Å². The molecule has 5 saturated carbocycles. The van der Waals surface area contributed by atoms with E-state index in [1.165, 1.54) is 12.8 Å². The standard InChI is InChI=1S/C19H20O3/c20-18-16-10-5-11(17(16)19(21)22-18)15-9-4-8(14(10)15)12-6-1-2-7(3-6)13(9)12/h1-2,6-17H,3-5H2. The Bertz CT molecular complexity index is 614. The Labute approximate surface area is 129 Å². The van der Waals surface area contributed by atoms with Gasteiger partial charge in [-0.15, -0.1) is 0 Å². The van der Waals surface area contributed by atoms with Crippen LogP contribution in [-0.2, 0) is 14.3 Å². The van der Waals surface area contributed by atoms with Gasteiger partial charge in [0.15, 0.2) is 0 Å². The van der Waals surface area contributed by atoms with Crippen LogP contribution in [0.3, 0.4) is 0 Å². The third-order valence-corrected chi connectivity index (χ3v) is 9.14. The van der Waals surface area contributed by atoms with E-state index in [2.05, 4.69) is 12.2 Å². The number of hydrogen-bond donors (Lipinski definition) is 0. The highest BCUT2D eigenvalue weighted by Gasteiger charge is 2.75. The molecule has 1 aliphatic heterocycles. The zero-order valence-electron chi connectivity index (χ0n) is 12.4. The van der Waals surface area contributed by atoms with Crippen LogP contribution in [0.1, 0.15) is 19.3 Å². The Kier molecular flexibility index (Phi) is 1.67. The summed E-state index contributed by atoms with van der Waals surface area (Å²) in [5.74, 6) is 7.09. The smallest absolute Gasteiger partial charge is 0.317 e. The Morgan fingerprint density at radius 1 is 0.682 bits per heavy atom. The molecule has 0 amide bonds. The van der Waals surface area contributed by atoms with Crippen LogP contribution in [0.5, 0.6) is 0 Å². The lowest BCUT2D eigenvalue weighted by atomic mass is 9.57. The highest BCUT2D eigenvalue weighted by atomic mass is 16.6. The lowest BCUT2D eigenvalue weighted by Crippen LogP contribution is -2.45. The maximum absolute atomic E-state index is 12.2. The molecule has 12 unspecified atom stereocenters. The fraction of sp³-hybridized carbons (Fsp3) is 0.789. The van der Waals surface area contributed by atoms with Crippen molar-refractivity contribution >= 4 is 11.9 Å². The van der Waals surface area contributed by atoms with Gasteiger partial charge in [-0.05, 0) is 78.4 Å². The van der Waals surface area contributed by atoms with Gasteiger partial charge in [-0.25, -0.2) is 0 Å². The minimum Gasteiger partial charge on any atom is -0.393 e. The summed E-state index contributed by atoms with van der Waals surface area (Å²) in [7, 11) is 0. The molecule has 3 nitrogen and oxygen atoms in total. The fourth-order valence-corrected chi connectivity index (χ4v) is 9.15. The van der Waals surface area contributed by atoms with Crippen molar-refractivity contribution in [1.82, 2.24) is 0 Å². The van der Waals surface area contributed by atoms with E-state index in [1.807, 2.05) is 0 Å². The number of cyclic esters (lactones) is 2. The molecule has 0 aromatic rings. The van der Waals surface area contributed by atoms with Gasteiger partial charge in [0, 0.05) is 0 Å². The van der Waals surface area contributed by atoms with E-state index in [0.717, 1.165) is 53.8 Å². The minimum atomic E-state index is -0.187. The number of allylic oxidation sites excluding steroid dienone is 2. The van der Waals surface area contributed by atoms with E-state index in [0.29, 0.717) is 11.8 Å². The second-order valence-electron chi connectivity index (χ2n) is 9.18. The van der Waals surface area contributed by atoms with Crippen molar-refractivity contribution in [2.24, 2.45) is 71.0 Å². The van der Waals surface area contributed by atoms with Crippen LogP contribution < -0.4 is 0 Å². The second-order valence-corrected chi connectivity index (χ2v) is 9.18. The molecular weight excluding hydrogens is 276 g/mol. The molecule has 12 atom stereocenters. The van der Waals surface area contributed by atoms with Gasteiger partial charge in [0.1, 0.15) is 0 Å². The first-order chi connectivity index (χ1) is 10.7. The number of hydrogen-bond acceptors (Lipinski definition) is 3. The second kappa shape index (κ2) is 3.22. The van der Waals surface area contributed by atoms with Crippen molar-refractivity contribution in [3.05, 3.63) is 12.2 Å². The van der Waals surface area contributed by atoms with E-state index in [1.54, 1.807) is 0 Å². The average molecular weight is 296 g/mol. The average Bonchev–Trinajstić information content (AvgIpc) is 3.31. The zero-order chi connectivity index (χ0) is 14.3. The summed E-state index contributed by atoms with van der Waals surface area (Å²) in [6.07, 6.45) is 8.91. The zero-order valence-corrected chi connectivity index (χ0v) is 12.4. The van der Waals surface area contributed by atoms with E-state index in [4.69, 9.17) is 4.74 Å². The number of ether oxygens (including phenoxy) is 1. The van der Waals surface area contributed by atoms with Gasteiger partial charge >= 0.3 is 11.9 Å². The van der Waals surface area contributed by atoms with Crippen molar-refractivity contribution in [2.45, 2.75) is 19.3 Å². The summed E-state index contributed by atoms with van der Waals surface area (Å²) in [4.78, 5) is 24.3. The van der Waals surface area contributed by atoms with Crippen molar-refractivity contribution < 1.29 is 14.3 Å². The molecule has 7 aliphatic rings. The molecule has 6 fully saturated rings. The Hall–Kier alpha value is -1.12. The summed E-state index contributed by atoms with van der Waals surface area (Å²) < 4.78 is 5.02. The molecule has 1 heterocycles. The van der Waals surface area contributed by atoms with Crippen molar-refractivity contribution in [3.63, 3.8) is 0 Å². The topological polar surface area (TPSA) is 43.4 Å². The summed E-state index contributed by atoms with van der Waals surface area (Å²) in [6, 6.07) is 0. The van der Waals surface area contributed by atoms with Crippen LogP contribution in [-0.4, -0.2) is 11.9 Å². The van der Waals surface area contributed by atoms with Crippen molar-refractivity contribution in [1.29, 1.82) is 0 Å². The molecule has 0 spiro atoms. The molecule has 3 heteroatoms. The summed E-state index contributed by atoms with van der Waals surface area (Å²) in [5, 5.41) is 0. The molecule has 114 valence electrons.